The third-order valence-corrected chi connectivity index (χ3v) is 7.23. The Kier molecular flexibility index (Phi) is 4.41. The monoisotopic (exact) mass is 409 g/mol. The third kappa shape index (κ3) is 2.96. The van der Waals surface area contributed by atoms with Crippen LogP contribution in [0.5, 0.6) is 0 Å². The Hall–Kier alpha value is -2.87. The summed E-state index contributed by atoms with van der Waals surface area (Å²) in [6.45, 7) is 15.5. The number of hydrogen-bond donors (Lipinski definition) is 0. The SMILES string of the molecule is Cc1cc(C)c(C[N+]2=CN(C(C)(C)C)CC23c2ccccc2-c2ccccc23)c(C)c1. The molecule has 5 rings (SSSR count). The first-order valence-corrected chi connectivity index (χ1v) is 11.4. The Morgan fingerprint density at radius 2 is 1.35 bits per heavy atom. The number of benzene rings is 3. The van der Waals surface area contributed by atoms with Crippen LogP contribution in [0.3, 0.4) is 0 Å². The van der Waals surface area contributed by atoms with Crippen LogP contribution in [0.4, 0.5) is 0 Å². The van der Waals surface area contributed by atoms with Crippen molar-refractivity contribution in [2.75, 3.05) is 6.54 Å². The van der Waals surface area contributed by atoms with E-state index in [4.69, 9.17) is 0 Å². The molecule has 1 spiro atoms. The molecule has 1 aliphatic heterocycles. The van der Waals surface area contributed by atoms with Gasteiger partial charge < -0.3 is 0 Å². The Morgan fingerprint density at radius 1 is 0.839 bits per heavy atom. The first kappa shape index (κ1) is 20.1. The molecule has 0 saturated carbocycles. The van der Waals surface area contributed by atoms with E-state index in [2.05, 4.69) is 118 Å². The standard InChI is InChI=1S/C29H33N2/c1-20-15-21(2)25(22(3)16-20)17-30-19-31(28(4,5)6)18-29(30)26-13-9-7-11-23(26)24-12-8-10-14-27(24)29/h7-16,19H,17-18H2,1-6H3/q+1. The number of aryl methyl sites for hydroxylation is 3. The molecule has 2 aliphatic rings. The molecular formula is C29H33N2+. The molecule has 0 amide bonds. The minimum atomic E-state index is -0.162. The van der Waals surface area contributed by atoms with Gasteiger partial charge in [-0.25, -0.2) is 4.58 Å². The lowest BCUT2D eigenvalue weighted by molar-refractivity contribution is -0.605. The molecule has 0 N–H and O–H groups in total. The fourth-order valence-corrected chi connectivity index (χ4v) is 5.64. The number of hydrogen-bond acceptors (Lipinski definition) is 1. The molecule has 3 aromatic rings. The second-order valence-electron chi connectivity index (χ2n) is 10.4. The molecule has 1 heterocycles. The maximum absolute atomic E-state index is 2.62. The summed E-state index contributed by atoms with van der Waals surface area (Å²) in [7, 11) is 0. The van der Waals surface area contributed by atoms with E-state index in [9.17, 15) is 0 Å². The highest BCUT2D eigenvalue weighted by atomic mass is 15.3. The maximum atomic E-state index is 2.62. The first-order valence-electron chi connectivity index (χ1n) is 11.4. The summed E-state index contributed by atoms with van der Waals surface area (Å²) >= 11 is 0. The van der Waals surface area contributed by atoms with Crippen LogP contribution in [0.25, 0.3) is 11.1 Å². The molecular weight excluding hydrogens is 376 g/mol. The van der Waals surface area contributed by atoms with E-state index in [0.29, 0.717) is 0 Å². The smallest absolute Gasteiger partial charge is 0.236 e. The van der Waals surface area contributed by atoms with E-state index in [0.717, 1.165) is 13.1 Å². The van der Waals surface area contributed by atoms with E-state index in [1.807, 2.05) is 0 Å². The summed E-state index contributed by atoms with van der Waals surface area (Å²) < 4.78 is 2.62. The molecule has 0 aromatic heterocycles. The Balaban J connectivity index is 1.74. The summed E-state index contributed by atoms with van der Waals surface area (Å²) in [5.41, 5.74) is 11.1. The lowest BCUT2D eigenvalue weighted by atomic mass is 9.85. The second kappa shape index (κ2) is 6.82. The van der Waals surface area contributed by atoms with Crippen molar-refractivity contribution in [2.24, 2.45) is 0 Å². The predicted octanol–water partition coefficient (Wildman–Crippen LogP) is 6.19. The van der Waals surface area contributed by atoms with Crippen molar-refractivity contribution in [3.8, 4) is 11.1 Å². The number of fused-ring (bicyclic) bond motifs is 5. The van der Waals surface area contributed by atoms with Gasteiger partial charge in [-0.15, -0.1) is 0 Å². The van der Waals surface area contributed by atoms with Gasteiger partial charge in [0, 0.05) is 11.1 Å². The second-order valence-corrected chi connectivity index (χ2v) is 10.4. The molecule has 0 atom stereocenters. The van der Waals surface area contributed by atoms with Gasteiger partial charge in [-0.2, -0.15) is 0 Å². The van der Waals surface area contributed by atoms with Crippen molar-refractivity contribution in [3.05, 3.63) is 94.0 Å². The summed E-state index contributed by atoms with van der Waals surface area (Å²) in [5.74, 6) is 0. The normalized spacial score (nSPS) is 16.5. The van der Waals surface area contributed by atoms with Gasteiger partial charge in [0.1, 0.15) is 13.1 Å². The zero-order valence-electron chi connectivity index (χ0n) is 19.7. The Morgan fingerprint density at radius 3 is 1.87 bits per heavy atom. The lowest BCUT2D eigenvalue weighted by Crippen LogP contribution is -2.44. The molecule has 0 radical (unpaired) electrons. The summed E-state index contributed by atoms with van der Waals surface area (Å²) in [4.78, 5) is 2.53. The minimum Gasteiger partial charge on any atom is -0.258 e. The van der Waals surface area contributed by atoms with Crippen LogP contribution in [0, 0.1) is 20.8 Å². The molecule has 0 bridgehead atoms. The molecule has 1 aliphatic carbocycles. The van der Waals surface area contributed by atoms with Crippen LogP contribution in [0.1, 0.15) is 54.2 Å². The Labute approximate surface area is 186 Å². The van der Waals surface area contributed by atoms with Crippen molar-refractivity contribution < 1.29 is 4.58 Å². The van der Waals surface area contributed by atoms with Crippen LogP contribution in [0.2, 0.25) is 0 Å². The first-order chi connectivity index (χ1) is 14.7. The van der Waals surface area contributed by atoms with E-state index in [1.54, 1.807) is 0 Å². The van der Waals surface area contributed by atoms with Crippen molar-refractivity contribution in [3.63, 3.8) is 0 Å². The largest absolute Gasteiger partial charge is 0.258 e. The van der Waals surface area contributed by atoms with Gasteiger partial charge in [-0.3, -0.25) is 4.90 Å². The summed E-state index contributed by atoms with van der Waals surface area (Å²) in [6, 6.07) is 22.7. The lowest BCUT2D eigenvalue weighted by Gasteiger charge is -2.30. The zero-order chi connectivity index (χ0) is 22.0. The van der Waals surface area contributed by atoms with Crippen LogP contribution in [-0.4, -0.2) is 27.9 Å². The van der Waals surface area contributed by atoms with Gasteiger partial charge in [-0.05, 0) is 69.4 Å². The fraction of sp³-hybridized carbons (Fsp3) is 0.345. The third-order valence-electron chi connectivity index (χ3n) is 7.23. The summed E-state index contributed by atoms with van der Waals surface area (Å²) in [6.07, 6.45) is 2.40. The van der Waals surface area contributed by atoms with Crippen molar-refractivity contribution in [2.45, 2.75) is 59.2 Å². The molecule has 0 unspecified atom stereocenters. The molecule has 158 valence electrons. The highest BCUT2D eigenvalue weighted by Crippen LogP contribution is 2.52. The average molecular weight is 410 g/mol. The quantitative estimate of drug-likeness (QED) is 0.457. The Bertz CT molecular complexity index is 1140. The van der Waals surface area contributed by atoms with Gasteiger partial charge in [0.2, 0.25) is 6.34 Å². The number of rotatable bonds is 2. The average Bonchev–Trinajstić information content (AvgIpc) is 3.23. The van der Waals surface area contributed by atoms with E-state index in [1.165, 1.54) is 44.5 Å². The molecule has 2 nitrogen and oxygen atoms in total. The summed E-state index contributed by atoms with van der Waals surface area (Å²) in [5, 5.41) is 0. The zero-order valence-corrected chi connectivity index (χ0v) is 19.7. The molecule has 3 aromatic carbocycles. The van der Waals surface area contributed by atoms with E-state index in [-0.39, 0.29) is 11.1 Å². The molecule has 0 fully saturated rings. The van der Waals surface area contributed by atoms with Gasteiger partial charge >= 0.3 is 0 Å². The number of nitrogens with zero attached hydrogens (tertiary/aromatic N) is 2. The van der Waals surface area contributed by atoms with E-state index < -0.39 is 0 Å². The topological polar surface area (TPSA) is 6.25 Å². The van der Waals surface area contributed by atoms with Crippen molar-refractivity contribution in [1.82, 2.24) is 4.90 Å². The molecule has 0 saturated heterocycles. The maximum Gasteiger partial charge on any atom is 0.236 e. The van der Waals surface area contributed by atoms with Gasteiger partial charge in [0.15, 0.2) is 5.54 Å². The van der Waals surface area contributed by atoms with E-state index >= 15 is 0 Å². The van der Waals surface area contributed by atoms with Crippen LogP contribution < -0.4 is 0 Å². The van der Waals surface area contributed by atoms with Crippen LogP contribution in [0.15, 0.2) is 60.7 Å². The molecule has 2 heteroatoms. The predicted molar refractivity (Wildman–Crippen MR) is 130 cm³/mol. The van der Waals surface area contributed by atoms with Crippen molar-refractivity contribution in [1.29, 1.82) is 0 Å². The van der Waals surface area contributed by atoms with Crippen LogP contribution in [-0.2, 0) is 12.1 Å². The fourth-order valence-electron chi connectivity index (χ4n) is 5.64. The van der Waals surface area contributed by atoms with Gasteiger partial charge in [-0.1, -0.05) is 66.2 Å². The van der Waals surface area contributed by atoms with Crippen LogP contribution >= 0.6 is 0 Å². The van der Waals surface area contributed by atoms with Crippen molar-refractivity contribution >= 4 is 6.34 Å². The van der Waals surface area contributed by atoms with Gasteiger partial charge in [0.25, 0.3) is 0 Å². The minimum absolute atomic E-state index is 0.0611. The highest BCUT2D eigenvalue weighted by molar-refractivity contribution is 5.81. The highest BCUT2D eigenvalue weighted by Gasteiger charge is 2.56. The van der Waals surface area contributed by atoms with Gasteiger partial charge in [0.05, 0.1) is 5.54 Å². The molecule has 31 heavy (non-hydrogen) atoms.